The largest absolute Gasteiger partial charge is 0.360 e. The van der Waals surface area contributed by atoms with Gasteiger partial charge in [-0.3, -0.25) is 4.79 Å². The molecule has 1 saturated carbocycles. The third-order valence-electron chi connectivity index (χ3n) is 4.90. The summed E-state index contributed by atoms with van der Waals surface area (Å²) < 4.78 is 19.3. The Bertz CT molecular complexity index is 978. The van der Waals surface area contributed by atoms with Crippen LogP contribution in [-0.2, 0) is 12.2 Å². The minimum Gasteiger partial charge on any atom is -0.360 e. The van der Waals surface area contributed by atoms with Crippen molar-refractivity contribution in [1.29, 1.82) is 0 Å². The highest BCUT2D eigenvalue weighted by molar-refractivity contribution is 7.97. The molecule has 1 aliphatic carbocycles. The molecule has 0 N–H and O–H groups in total. The second-order valence-electron chi connectivity index (χ2n) is 6.89. The number of rotatable bonds is 7. The predicted octanol–water partition coefficient (Wildman–Crippen LogP) is 5.38. The van der Waals surface area contributed by atoms with Crippen molar-refractivity contribution in [2.75, 3.05) is 6.26 Å². The van der Waals surface area contributed by atoms with E-state index in [1.165, 1.54) is 23.9 Å². The van der Waals surface area contributed by atoms with Gasteiger partial charge in [-0.15, -0.1) is 0 Å². The average molecular weight is 381 g/mol. The molecule has 1 heterocycles. The van der Waals surface area contributed by atoms with E-state index in [0.717, 1.165) is 24.2 Å². The van der Waals surface area contributed by atoms with Gasteiger partial charge in [-0.05, 0) is 60.4 Å². The summed E-state index contributed by atoms with van der Waals surface area (Å²) in [5, 5.41) is 3.83. The summed E-state index contributed by atoms with van der Waals surface area (Å²) in [5.74, 6) is 1.36. The molecule has 0 unspecified atom stereocenters. The van der Waals surface area contributed by atoms with Crippen molar-refractivity contribution in [2.45, 2.75) is 30.9 Å². The number of carbonyl (C=O) groups is 1. The van der Waals surface area contributed by atoms with Crippen molar-refractivity contribution in [3.8, 4) is 0 Å². The number of ketones is 1. The molecule has 0 saturated heterocycles. The van der Waals surface area contributed by atoms with Gasteiger partial charge in [-0.1, -0.05) is 29.4 Å². The maximum Gasteiger partial charge on any atom is 0.198 e. The van der Waals surface area contributed by atoms with Gasteiger partial charge in [-0.25, -0.2) is 4.39 Å². The van der Waals surface area contributed by atoms with Crippen molar-refractivity contribution in [2.24, 2.45) is 0 Å². The number of carbonyl (C=O) groups excluding carboxylic acids is 1. The zero-order chi connectivity index (χ0) is 18.8. The Labute approximate surface area is 162 Å². The van der Waals surface area contributed by atoms with E-state index in [2.05, 4.69) is 17.5 Å². The molecule has 1 fully saturated rings. The summed E-state index contributed by atoms with van der Waals surface area (Å²) in [6, 6.07) is 12.5. The highest BCUT2D eigenvalue weighted by atomic mass is 32.2. The van der Waals surface area contributed by atoms with Crippen LogP contribution in [0.4, 0.5) is 4.39 Å². The van der Waals surface area contributed by atoms with Crippen LogP contribution in [0.1, 0.15) is 57.1 Å². The Kier molecular flexibility index (Phi) is 5.12. The smallest absolute Gasteiger partial charge is 0.198 e. The van der Waals surface area contributed by atoms with Crippen LogP contribution in [0.5, 0.6) is 0 Å². The van der Waals surface area contributed by atoms with Gasteiger partial charge in [0.05, 0.1) is 11.8 Å². The van der Waals surface area contributed by atoms with Crippen LogP contribution in [0.2, 0.25) is 0 Å². The van der Waals surface area contributed by atoms with Crippen LogP contribution in [0.25, 0.3) is 0 Å². The predicted molar refractivity (Wildman–Crippen MR) is 105 cm³/mol. The van der Waals surface area contributed by atoms with Gasteiger partial charge >= 0.3 is 0 Å². The second kappa shape index (κ2) is 7.69. The second-order valence-corrected chi connectivity index (χ2v) is 7.75. The lowest BCUT2D eigenvalue weighted by Crippen LogP contribution is -2.08. The topological polar surface area (TPSA) is 43.1 Å². The van der Waals surface area contributed by atoms with Gasteiger partial charge in [0.25, 0.3) is 0 Å². The average Bonchev–Trinajstić information content (AvgIpc) is 3.40. The molecular weight excluding hydrogens is 361 g/mol. The fraction of sp³-hybridized carbons (Fsp3) is 0.273. The first-order valence-corrected chi connectivity index (χ1v) is 10.4. The standard InChI is InChI=1S/C22H20FNO2S/c1-27-13-16-5-3-2-4-15(16)10-17-11-18(23)8-9-19(17)21(25)20-12-24-26-22(20)14-6-7-14/h2-5,8-9,11-12,14H,6-7,10,13H2,1H3. The first kappa shape index (κ1) is 18.0. The third kappa shape index (κ3) is 3.83. The molecule has 1 aliphatic rings. The normalized spacial score (nSPS) is 13.7. The van der Waals surface area contributed by atoms with E-state index in [1.807, 2.05) is 18.2 Å². The number of hydrogen-bond acceptors (Lipinski definition) is 4. The van der Waals surface area contributed by atoms with Crippen molar-refractivity contribution < 1.29 is 13.7 Å². The number of halogens is 1. The first-order chi connectivity index (χ1) is 13.2. The Morgan fingerprint density at radius 3 is 2.67 bits per heavy atom. The number of benzene rings is 2. The Morgan fingerprint density at radius 1 is 1.15 bits per heavy atom. The molecule has 0 aliphatic heterocycles. The number of hydrogen-bond donors (Lipinski definition) is 0. The van der Waals surface area contributed by atoms with Crippen LogP contribution >= 0.6 is 11.8 Å². The van der Waals surface area contributed by atoms with Gasteiger partial charge in [0.2, 0.25) is 0 Å². The number of thioether (sulfide) groups is 1. The number of nitrogens with zero attached hydrogens (tertiary/aromatic N) is 1. The summed E-state index contributed by atoms with van der Waals surface area (Å²) in [6.45, 7) is 0. The molecule has 27 heavy (non-hydrogen) atoms. The van der Waals surface area contributed by atoms with Crippen LogP contribution in [0.3, 0.4) is 0 Å². The minimum atomic E-state index is -0.336. The summed E-state index contributed by atoms with van der Waals surface area (Å²) in [4.78, 5) is 13.2. The summed E-state index contributed by atoms with van der Waals surface area (Å²) in [6.07, 6.45) is 6.10. The van der Waals surface area contributed by atoms with Crippen LogP contribution in [0, 0.1) is 5.82 Å². The maximum absolute atomic E-state index is 14.0. The Morgan fingerprint density at radius 2 is 1.93 bits per heavy atom. The van der Waals surface area contributed by atoms with Crippen LogP contribution < -0.4 is 0 Å². The lowest BCUT2D eigenvalue weighted by molar-refractivity contribution is 0.103. The van der Waals surface area contributed by atoms with E-state index < -0.39 is 0 Å². The van der Waals surface area contributed by atoms with E-state index in [0.29, 0.717) is 28.9 Å². The fourth-order valence-corrected chi connectivity index (χ4v) is 3.96. The Balaban J connectivity index is 1.71. The molecule has 4 rings (SSSR count). The lowest BCUT2D eigenvalue weighted by atomic mass is 9.92. The molecule has 138 valence electrons. The molecule has 3 aromatic rings. The number of aromatic nitrogens is 1. The molecular formula is C22H20FNO2S. The molecule has 3 nitrogen and oxygen atoms in total. The summed E-state index contributed by atoms with van der Waals surface area (Å²) >= 11 is 1.74. The van der Waals surface area contributed by atoms with Gasteiger partial charge in [0, 0.05) is 17.2 Å². The van der Waals surface area contributed by atoms with E-state index >= 15 is 0 Å². The molecule has 0 atom stereocenters. The summed E-state index contributed by atoms with van der Waals surface area (Å²) in [7, 11) is 0. The summed E-state index contributed by atoms with van der Waals surface area (Å²) in [5.41, 5.74) is 4.02. The first-order valence-electron chi connectivity index (χ1n) is 9.00. The molecule has 5 heteroatoms. The highest BCUT2D eigenvalue weighted by Gasteiger charge is 2.33. The van der Waals surface area contributed by atoms with E-state index in [4.69, 9.17) is 4.52 Å². The molecule has 0 radical (unpaired) electrons. The zero-order valence-electron chi connectivity index (χ0n) is 15.1. The van der Waals surface area contributed by atoms with Crippen molar-refractivity contribution in [3.63, 3.8) is 0 Å². The van der Waals surface area contributed by atoms with Crippen LogP contribution in [0.15, 0.2) is 53.2 Å². The highest BCUT2D eigenvalue weighted by Crippen LogP contribution is 2.42. The molecule has 0 bridgehead atoms. The van der Waals surface area contributed by atoms with Crippen molar-refractivity contribution >= 4 is 17.5 Å². The third-order valence-corrected chi connectivity index (χ3v) is 5.50. The van der Waals surface area contributed by atoms with E-state index in [-0.39, 0.29) is 17.5 Å². The molecule has 0 spiro atoms. The monoisotopic (exact) mass is 381 g/mol. The van der Waals surface area contributed by atoms with Gasteiger partial charge in [0.1, 0.15) is 5.82 Å². The Hall–Kier alpha value is -2.40. The lowest BCUT2D eigenvalue weighted by Gasteiger charge is -2.12. The van der Waals surface area contributed by atoms with E-state index in [9.17, 15) is 9.18 Å². The van der Waals surface area contributed by atoms with Gasteiger partial charge in [-0.2, -0.15) is 11.8 Å². The maximum atomic E-state index is 14.0. The van der Waals surface area contributed by atoms with E-state index in [1.54, 1.807) is 17.8 Å². The van der Waals surface area contributed by atoms with Crippen LogP contribution in [-0.4, -0.2) is 17.2 Å². The van der Waals surface area contributed by atoms with Gasteiger partial charge in [0.15, 0.2) is 11.5 Å². The fourth-order valence-electron chi connectivity index (χ4n) is 3.37. The quantitative estimate of drug-likeness (QED) is 0.516. The van der Waals surface area contributed by atoms with Crippen molar-refractivity contribution in [3.05, 3.63) is 88.1 Å². The van der Waals surface area contributed by atoms with Crippen molar-refractivity contribution in [1.82, 2.24) is 5.16 Å². The van der Waals surface area contributed by atoms with Gasteiger partial charge < -0.3 is 4.52 Å². The molecule has 0 amide bonds. The zero-order valence-corrected chi connectivity index (χ0v) is 15.9. The molecule has 1 aromatic heterocycles. The SMILES string of the molecule is CSCc1ccccc1Cc1cc(F)ccc1C(=O)c1cnoc1C1CC1. The minimum absolute atomic E-state index is 0.143. The molecule has 2 aromatic carbocycles.